The molecule has 90 valence electrons. The lowest BCUT2D eigenvalue weighted by Crippen LogP contribution is -2.32. The van der Waals surface area contributed by atoms with Crippen LogP contribution in [0.1, 0.15) is 27.2 Å². The topological polar surface area (TPSA) is 38.0 Å². The third-order valence-corrected chi connectivity index (χ3v) is 2.57. The van der Waals surface area contributed by atoms with Gasteiger partial charge in [0.05, 0.1) is 0 Å². The zero-order valence-corrected chi connectivity index (χ0v) is 11.0. The summed E-state index contributed by atoms with van der Waals surface area (Å²) in [6.45, 7) is 7.28. The second-order valence-corrected chi connectivity index (χ2v) is 5.79. The van der Waals surface area contributed by atoms with Crippen LogP contribution >= 0.6 is 11.6 Å². The zero-order valence-electron chi connectivity index (χ0n) is 10.3. The molecule has 0 spiro atoms. The highest BCUT2D eigenvalue weighted by atomic mass is 35.5. The smallest absolute Gasteiger partial charge is 0.0426 e. The standard InChI is InChI=1S/C13H21ClN2/c1-13(2,3)8-12(9-15)16-11-6-4-5-10(14)7-11/h4-7,12,16H,8-9,15H2,1-3H3. The lowest BCUT2D eigenvalue weighted by atomic mass is 9.88. The number of hydrogen-bond donors (Lipinski definition) is 2. The van der Waals surface area contributed by atoms with Crippen molar-refractivity contribution in [2.45, 2.75) is 33.2 Å². The first-order valence-corrected chi connectivity index (χ1v) is 6.01. The molecular formula is C13H21ClN2. The van der Waals surface area contributed by atoms with Gasteiger partial charge in [0.1, 0.15) is 0 Å². The van der Waals surface area contributed by atoms with Gasteiger partial charge in [-0.25, -0.2) is 0 Å². The largest absolute Gasteiger partial charge is 0.381 e. The molecule has 0 saturated heterocycles. The Labute approximate surface area is 103 Å². The second-order valence-electron chi connectivity index (χ2n) is 5.35. The molecule has 0 heterocycles. The Hall–Kier alpha value is -0.730. The Morgan fingerprint density at radius 1 is 1.38 bits per heavy atom. The van der Waals surface area contributed by atoms with E-state index in [1.165, 1.54) is 0 Å². The minimum atomic E-state index is 0.273. The van der Waals surface area contributed by atoms with Gasteiger partial charge in [-0.15, -0.1) is 0 Å². The first kappa shape index (κ1) is 13.3. The van der Waals surface area contributed by atoms with Crippen molar-refractivity contribution in [3.05, 3.63) is 29.3 Å². The molecule has 3 N–H and O–H groups in total. The van der Waals surface area contributed by atoms with E-state index in [0.29, 0.717) is 12.6 Å². The van der Waals surface area contributed by atoms with Gasteiger partial charge in [0, 0.05) is 23.3 Å². The van der Waals surface area contributed by atoms with E-state index in [2.05, 4.69) is 26.1 Å². The fourth-order valence-electron chi connectivity index (χ4n) is 1.75. The van der Waals surface area contributed by atoms with Gasteiger partial charge in [-0.2, -0.15) is 0 Å². The molecule has 0 aliphatic carbocycles. The molecule has 16 heavy (non-hydrogen) atoms. The summed E-state index contributed by atoms with van der Waals surface area (Å²) in [6.07, 6.45) is 1.04. The molecule has 0 radical (unpaired) electrons. The average molecular weight is 241 g/mol. The normalized spacial score (nSPS) is 13.6. The summed E-state index contributed by atoms with van der Waals surface area (Å²) < 4.78 is 0. The molecule has 3 heteroatoms. The Bertz CT molecular complexity index is 331. The van der Waals surface area contributed by atoms with Crippen LogP contribution in [-0.4, -0.2) is 12.6 Å². The van der Waals surface area contributed by atoms with Crippen molar-refractivity contribution in [2.75, 3.05) is 11.9 Å². The molecule has 0 amide bonds. The van der Waals surface area contributed by atoms with Crippen molar-refractivity contribution in [3.8, 4) is 0 Å². The Morgan fingerprint density at radius 3 is 2.56 bits per heavy atom. The summed E-state index contributed by atoms with van der Waals surface area (Å²) in [6, 6.07) is 8.03. The van der Waals surface area contributed by atoms with Crippen molar-refractivity contribution in [2.24, 2.45) is 11.1 Å². The molecule has 1 aromatic carbocycles. The summed E-state index contributed by atoms with van der Waals surface area (Å²) in [5.74, 6) is 0. The molecule has 0 aliphatic heterocycles. The van der Waals surface area contributed by atoms with Gasteiger partial charge in [0.25, 0.3) is 0 Å². The van der Waals surface area contributed by atoms with E-state index >= 15 is 0 Å². The summed E-state index contributed by atoms with van der Waals surface area (Å²) in [7, 11) is 0. The summed E-state index contributed by atoms with van der Waals surface area (Å²) in [5, 5.41) is 4.16. The number of nitrogens with one attached hydrogen (secondary N) is 1. The van der Waals surface area contributed by atoms with E-state index in [0.717, 1.165) is 17.1 Å². The third-order valence-electron chi connectivity index (χ3n) is 2.34. The van der Waals surface area contributed by atoms with E-state index < -0.39 is 0 Å². The zero-order chi connectivity index (χ0) is 12.2. The number of rotatable bonds is 4. The Kier molecular flexibility index (Phi) is 4.63. The van der Waals surface area contributed by atoms with Gasteiger partial charge >= 0.3 is 0 Å². The van der Waals surface area contributed by atoms with Crippen LogP contribution < -0.4 is 11.1 Å². The van der Waals surface area contributed by atoms with E-state index in [-0.39, 0.29) is 5.41 Å². The number of benzene rings is 1. The van der Waals surface area contributed by atoms with Crippen LogP contribution in [0.4, 0.5) is 5.69 Å². The van der Waals surface area contributed by atoms with Crippen molar-refractivity contribution in [3.63, 3.8) is 0 Å². The predicted molar refractivity (Wildman–Crippen MR) is 72.0 cm³/mol. The molecule has 1 unspecified atom stereocenters. The summed E-state index contributed by atoms with van der Waals surface area (Å²) in [5.41, 5.74) is 7.08. The van der Waals surface area contributed by atoms with Crippen LogP contribution in [0.3, 0.4) is 0 Å². The maximum absolute atomic E-state index is 5.93. The van der Waals surface area contributed by atoms with Crippen LogP contribution in [0.15, 0.2) is 24.3 Å². The van der Waals surface area contributed by atoms with Gasteiger partial charge in [0.2, 0.25) is 0 Å². The second kappa shape index (κ2) is 5.55. The lowest BCUT2D eigenvalue weighted by Gasteiger charge is -2.26. The number of nitrogens with two attached hydrogens (primary N) is 1. The Balaban J connectivity index is 2.63. The molecule has 2 nitrogen and oxygen atoms in total. The van der Waals surface area contributed by atoms with Crippen LogP contribution in [-0.2, 0) is 0 Å². The number of anilines is 1. The number of halogens is 1. The summed E-state index contributed by atoms with van der Waals surface area (Å²) in [4.78, 5) is 0. The van der Waals surface area contributed by atoms with Crippen LogP contribution in [0.25, 0.3) is 0 Å². The molecule has 1 rings (SSSR count). The monoisotopic (exact) mass is 240 g/mol. The van der Waals surface area contributed by atoms with Gasteiger partial charge in [-0.3, -0.25) is 0 Å². The van der Waals surface area contributed by atoms with Crippen molar-refractivity contribution in [1.82, 2.24) is 0 Å². The number of hydrogen-bond acceptors (Lipinski definition) is 2. The molecular weight excluding hydrogens is 220 g/mol. The highest BCUT2D eigenvalue weighted by Gasteiger charge is 2.17. The first-order valence-electron chi connectivity index (χ1n) is 5.63. The maximum Gasteiger partial charge on any atom is 0.0426 e. The molecule has 0 aromatic heterocycles. The highest BCUT2D eigenvalue weighted by Crippen LogP contribution is 2.23. The van der Waals surface area contributed by atoms with Crippen molar-refractivity contribution < 1.29 is 0 Å². The SMILES string of the molecule is CC(C)(C)CC(CN)Nc1cccc(Cl)c1. The molecule has 1 aromatic rings. The molecule has 1 atom stereocenters. The minimum absolute atomic E-state index is 0.273. The van der Waals surface area contributed by atoms with E-state index in [9.17, 15) is 0 Å². The fourth-order valence-corrected chi connectivity index (χ4v) is 1.94. The fraction of sp³-hybridized carbons (Fsp3) is 0.538. The van der Waals surface area contributed by atoms with Gasteiger partial charge < -0.3 is 11.1 Å². The van der Waals surface area contributed by atoms with Gasteiger partial charge in [-0.1, -0.05) is 38.4 Å². The lowest BCUT2D eigenvalue weighted by molar-refractivity contribution is 0.351. The minimum Gasteiger partial charge on any atom is -0.381 e. The Morgan fingerprint density at radius 2 is 2.06 bits per heavy atom. The third kappa shape index (κ3) is 4.86. The van der Waals surface area contributed by atoms with Gasteiger partial charge in [0.15, 0.2) is 0 Å². The van der Waals surface area contributed by atoms with Gasteiger partial charge in [-0.05, 0) is 30.0 Å². The average Bonchev–Trinajstić information content (AvgIpc) is 2.14. The van der Waals surface area contributed by atoms with Crippen molar-refractivity contribution >= 4 is 17.3 Å². The van der Waals surface area contributed by atoms with E-state index in [4.69, 9.17) is 17.3 Å². The van der Waals surface area contributed by atoms with Crippen LogP contribution in [0.2, 0.25) is 5.02 Å². The van der Waals surface area contributed by atoms with Crippen LogP contribution in [0, 0.1) is 5.41 Å². The van der Waals surface area contributed by atoms with E-state index in [1.807, 2.05) is 24.3 Å². The quantitative estimate of drug-likeness (QED) is 0.845. The predicted octanol–water partition coefficient (Wildman–Crippen LogP) is 3.52. The molecule has 0 saturated carbocycles. The maximum atomic E-state index is 5.93. The highest BCUT2D eigenvalue weighted by molar-refractivity contribution is 6.30. The van der Waals surface area contributed by atoms with E-state index in [1.54, 1.807) is 0 Å². The molecule has 0 aliphatic rings. The molecule has 0 fully saturated rings. The summed E-state index contributed by atoms with van der Waals surface area (Å²) >= 11 is 5.93. The van der Waals surface area contributed by atoms with Crippen molar-refractivity contribution in [1.29, 1.82) is 0 Å². The first-order chi connectivity index (χ1) is 7.40. The van der Waals surface area contributed by atoms with Crippen LogP contribution in [0.5, 0.6) is 0 Å². The molecule has 0 bridgehead atoms.